The van der Waals surface area contributed by atoms with E-state index in [0.29, 0.717) is 5.56 Å². The molecule has 0 aliphatic heterocycles. The molecule has 210 valence electrons. The zero-order valence-electron chi connectivity index (χ0n) is 22.0. The van der Waals surface area contributed by atoms with Gasteiger partial charge in [-0.1, -0.05) is 49.1 Å². The predicted octanol–water partition coefficient (Wildman–Crippen LogP) is 4.27. The summed E-state index contributed by atoms with van der Waals surface area (Å²) in [4.78, 5) is 41.2. The van der Waals surface area contributed by atoms with E-state index in [9.17, 15) is 18.8 Å². The summed E-state index contributed by atoms with van der Waals surface area (Å²) in [6, 6.07) is 14.7. The monoisotopic (exact) mass is 568 g/mol. The van der Waals surface area contributed by atoms with Crippen molar-refractivity contribution in [2.24, 2.45) is 0 Å². The lowest BCUT2D eigenvalue weighted by molar-refractivity contribution is -0.147. The van der Waals surface area contributed by atoms with Gasteiger partial charge in [0, 0.05) is 31.7 Å². The van der Waals surface area contributed by atoms with E-state index in [4.69, 9.17) is 31.6 Å². The number of carbonyl (C=O) groups excluding carboxylic acids is 3. The van der Waals surface area contributed by atoms with Crippen LogP contribution in [0.5, 0.6) is 17.2 Å². The molecule has 1 heterocycles. The number of hydrogen-bond acceptors (Lipinski definition) is 9. The molecule has 3 rings (SSSR count). The van der Waals surface area contributed by atoms with Gasteiger partial charge in [-0.05, 0) is 17.2 Å². The van der Waals surface area contributed by atoms with Gasteiger partial charge in [0.15, 0.2) is 11.4 Å². The van der Waals surface area contributed by atoms with E-state index in [0.717, 1.165) is 5.56 Å². The van der Waals surface area contributed by atoms with Gasteiger partial charge in [0.2, 0.25) is 5.75 Å². The SMILES string of the molecule is C=CCOc1cc(F)ccc1CC(OC(=O)CNC(=O)c1nccc(OC)c1OC(C)=O)C(S)c1ccccc1. The molecule has 1 aromatic heterocycles. The first-order chi connectivity index (χ1) is 19.2. The number of ether oxygens (including phenoxy) is 4. The number of esters is 2. The molecular formula is C29H29FN2O7S. The normalized spacial score (nSPS) is 12.0. The average molecular weight is 569 g/mol. The quantitative estimate of drug-likeness (QED) is 0.179. The summed E-state index contributed by atoms with van der Waals surface area (Å²) < 4.78 is 35.5. The summed E-state index contributed by atoms with van der Waals surface area (Å²) >= 11 is 4.71. The number of amides is 1. The molecule has 0 bridgehead atoms. The van der Waals surface area contributed by atoms with Crippen LogP contribution in [0.15, 0.2) is 73.4 Å². The zero-order valence-corrected chi connectivity index (χ0v) is 22.9. The van der Waals surface area contributed by atoms with Crippen LogP contribution < -0.4 is 19.5 Å². The molecule has 2 aromatic carbocycles. The number of hydrogen-bond donors (Lipinski definition) is 2. The number of methoxy groups -OCH3 is 1. The maximum absolute atomic E-state index is 13.9. The Morgan fingerprint density at radius 2 is 1.88 bits per heavy atom. The van der Waals surface area contributed by atoms with Gasteiger partial charge < -0.3 is 24.3 Å². The highest BCUT2D eigenvalue weighted by Crippen LogP contribution is 2.32. The molecule has 0 saturated carbocycles. The Balaban J connectivity index is 1.79. The minimum absolute atomic E-state index is 0.118. The van der Waals surface area contributed by atoms with Gasteiger partial charge in [-0.25, -0.2) is 9.37 Å². The van der Waals surface area contributed by atoms with E-state index in [1.807, 2.05) is 30.3 Å². The van der Waals surface area contributed by atoms with Crippen LogP contribution in [-0.2, 0) is 20.7 Å². The summed E-state index contributed by atoms with van der Waals surface area (Å²) in [5.41, 5.74) is 1.13. The van der Waals surface area contributed by atoms with E-state index < -0.39 is 41.6 Å². The lowest BCUT2D eigenvalue weighted by Crippen LogP contribution is -2.35. The first-order valence-corrected chi connectivity index (χ1v) is 12.7. The topological polar surface area (TPSA) is 113 Å². The molecule has 0 aliphatic rings. The predicted molar refractivity (Wildman–Crippen MR) is 148 cm³/mol. The molecule has 0 radical (unpaired) electrons. The van der Waals surface area contributed by atoms with E-state index in [-0.39, 0.29) is 36.0 Å². The third-order valence-corrected chi connectivity index (χ3v) is 6.16. The average Bonchev–Trinajstić information content (AvgIpc) is 2.95. The van der Waals surface area contributed by atoms with Crippen molar-refractivity contribution in [3.63, 3.8) is 0 Å². The van der Waals surface area contributed by atoms with Crippen molar-refractivity contribution >= 4 is 30.5 Å². The molecule has 0 spiro atoms. The number of aromatic nitrogens is 1. The highest BCUT2D eigenvalue weighted by atomic mass is 32.1. The standard InChI is InChI=1S/C29H29FN2O7S/c1-4-14-37-23-16-21(30)11-10-20(23)15-24(28(40)19-8-6-5-7-9-19)39-25(34)17-32-29(35)26-27(38-18(2)33)22(36-3)12-13-31-26/h4-13,16,24,28,40H,1,14-15,17H2,2-3H3,(H,32,35). The van der Waals surface area contributed by atoms with Crippen LogP contribution in [0.4, 0.5) is 4.39 Å². The van der Waals surface area contributed by atoms with Gasteiger partial charge in [-0.2, -0.15) is 12.6 Å². The first kappa shape index (κ1) is 30.2. The Morgan fingerprint density at radius 3 is 2.55 bits per heavy atom. The second kappa shape index (κ2) is 14.7. The number of pyridine rings is 1. The molecule has 0 fully saturated rings. The maximum atomic E-state index is 13.9. The number of thiol groups is 1. The molecule has 11 heteroatoms. The number of nitrogens with one attached hydrogen (secondary N) is 1. The largest absolute Gasteiger partial charge is 0.493 e. The van der Waals surface area contributed by atoms with Gasteiger partial charge in [0.1, 0.15) is 30.8 Å². The van der Waals surface area contributed by atoms with Crippen molar-refractivity contribution in [2.75, 3.05) is 20.3 Å². The lowest BCUT2D eigenvalue weighted by Gasteiger charge is -2.25. The Kier molecular flexibility index (Phi) is 11.1. The minimum atomic E-state index is -0.821. The summed E-state index contributed by atoms with van der Waals surface area (Å²) in [5, 5.41) is 1.86. The zero-order chi connectivity index (χ0) is 29.1. The molecule has 9 nitrogen and oxygen atoms in total. The number of rotatable bonds is 13. The molecule has 3 aromatic rings. The Bertz CT molecular complexity index is 1350. The van der Waals surface area contributed by atoms with Gasteiger partial charge in [0.25, 0.3) is 5.91 Å². The minimum Gasteiger partial charge on any atom is -0.493 e. The lowest BCUT2D eigenvalue weighted by atomic mass is 9.99. The van der Waals surface area contributed by atoms with Crippen LogP contribution >= 0.6 is 12.6 Å². The molecular weight excluding hydrogens is 539 g/mol. The van der Waals surface area contributed by atoms with Gasteiger partial charge >= 0.3 is 11.9 Å². The second-order valence-electron chi connectivity index (χ2n) is 8.41. The fourth-order valence-electron chi connectivity index (χ4n) is 3.72. The van der Waals surface area contributed by atoms with Crippen molar-refractivity contribution in [3.8, 4) is 17.2 Å². The van der Waals surface area contributed by atoms with Crippen LogP contribution in [-0.4, -0.2) is 49.2 Å². The van der Waals surface area contributed by atoms with E-state index in [2.05, 4.69) is 16.9 Å². The number of carbonyl (C=O) groups is 3. The van der Waals surface area contributed by atoms with E-state index >= 15 is 0 Å². The van der Waals surface area contributed by atoms with Gasteiger partial charge in [-0.15, -0.1) is 0 Å². The molecule has 2 unspecified atom stereocenters. The molecule has 0 aliphatic carbocycles. The van der Waals surface area contributed by atoms with Gasteiger partial charge in [-0.3, -0.25) is 14.4 Å². The fourth-order valence-corrected chi connectivity index (χ4v) is 4.06. The van der Waals surface area contributed by atoms with Crippen LogP contribution in [0.3, 0.4) is 0 Å². The summed E-state index contributed by atoms with van der Waals surface area (Å²) in [6.07, 6.45) is 2.15. The molecule has 1 amide bonds. The molecule has 2 atom stereocenters. The van der Waals surface area contributed by atoms with Gasteiger partial charge in [0.05, 0.1) is 12.4 Å². The third kappa shape index (κ3) is 8.31. The van der Waals surface area contributed by atoms with Crippen molar-refractivity contribution < 1.29 is 37.7 Å². The summed E-state index contributed by atoms with van der Waals surface area (Å²) in [6.45, 7) is 4.41. The Hall–Kier alpha value is -4.38. The van der Waals surface area contributed by atoms with Crippen LogP contribution in [0.1, 0.15) is 33.8 Å². The van der Waals surface area contributed by atoms with Crippen molar-refractivity contribution in [1.82, 2.24) is 10.3 Å². The maximum Gasteiger partial charge on any atom is 0.325 e. The summed E-state index contributed by atoms with van der Waals surface area (Å²) in [7, 11) is 1.34. The number of nitrogens with zero attached hydrogens (tertiary/aromatic N) is 1. The Labute approximate surface area is 236 Å². The highest BCUT2D eigenvalue weighted by Gasteiger charge is 2.27. The number of benzene rings is 2. The molecule has 1 N–H and O–H groups in total. The molecule has 40 heavy (non-hydrogen) atoms. The van der Waals surface area contributed by atoms with E-state index in [1.165, 1.54) is 44.5 Å². The first-order valence-electron chi connectivity index (χ1n) is 12.2. The van der Waals surface area contributed by atoms with Crippen LogP contribution in [0.2, 0.25) is 0 Å². The van der Waals surface area contributed by atoms with Crippen LogP contribution in [0.25, 0.3) is 0 Å². The van der Waals surface area contributed by atoms with Crippen molar-refractivity contribution in [3.05, 3.63) is 96.1 Å². The van der Waals surface area contributed by atoms with Crippen LogP contribution in [0, 0.1) is 5.82 Å². The van der Waals surface area contributed by atoms with Crippen molar-refractivity contribution in [2.45, 2.75) is 24.7 Å². The Morgan fingerprint density at radius 1 is 1.12 bits per heavy atom. The smallest absolute Gasteiger partial charge is 0.325 e. The third-order valence-electron chi connectivity index (χ3n) is 5.53. The van der Waals surface area contributed by atoms with E-state index in [1.54, 1.807) is 6.07 Å². The molecule has 0 saturated heterocycles. The number of halogens is 1. The highest BCUT2D eigenvalue weighted by molar-refractivity contribution is 7.80. The van der Waals surface area contributed by atoms with Crippen molar-refractivity contribution in [1.29, 1.82) is 0 Å². The fraction of sp³-hybridized carbons (Fsp3) is 0.241. The summed E-state index contributed by atoms with van der Waals surface area (Å²) in [5.74, 6) is -2.49. The second-order valence-corrected chi connectivity index (χ2v) is 8.96.